The predicted octanol–water partition coefficient (Wildman–Crippen LogP) is 3.09. The molecule has 0 aromatic heterocycles. The van der Waals surface area contributed by atoms with Gasteiger partial charge in [0.25, 0.3) is 0 Å². The molecule has 0 bridgehead atoms. The molecular formula is C15H20N2O. The monoisotopic (exact) mass is 244 g/mol. The van der Waals surface area contributed by atoms with Crippen molar-refractivity contribution in [3.8, 4) is 11.8 Å². The lowest BCUT2D eigenvalue weighted by Crippen LogP contribution is -2.15. The Bertz CT molecular complexity index is 470. The molecule has 1 unspecified atom stereocenters. The minimum absolute atomic E-state index is 0.0354. The molecule has 96 valence electrons. The second-order valence-corrected chi connectivity index (χ2v) is 5.45. The second kappa shape index (κ2) is 4.99. The van der Waals surface area contributed by atoms with Crippen molar-refractivity contribution in [2.45, 2.75) is 39.2 Å². The summed E-state index contributed by atoms with van der Waals surface area (Å²) in [4.78, 5) is 0. The Morgan fingerprint density at radius 3 is 2.78 bits per heavy atom. The maximum atomic E-state index is 8.80. The highest BCUT2D eigenvalue weighted by atomic mass is 16.5. The molecule has 0 saturated heterocycles. The Balaban J connectivity index is 2.09. The molecule has 1 aromatic carbocycles. The summed E-state index contributed by atoms with van der Waals surface area (Å²) in [5.74, 6) is 0.870. The summed E-state index contributed by atoms with van der Waals surface area (Å²) in [6, 6.07) is 8.32. The minimum atomic E-state index is -0.0354. The maximum Gasteiger partial charge on any atom is 0.124 e. The van der Waals surface area contributed by atoms with Crippen LogP contribution < -0.4 is 10.5 Å². The first-order chi connectivity index (χ1) is 8.56. The fourth-order valence-corrected chi connectivity index (χ4v) is 2.09. The zero-order chi connectivity index (χ0) is 13.2. The predicted molar refractivity (Wildman–Crippen MR) is 71.2 cm³/mol. The van der Waals surface area contributed by atoms with Crippen molar-refractivity contribution in [2.24, 2.45) is 11.1 Å². The van der Waals surface area contributed by atoms with Crippen molar-refractivity contribution in [1.29, 1.82) is 5.26 Å². The van der Waals surface area contributed by atoms with E-state index in [9.17, 15) is 0 Å². The molecule has 3 nitrogen and oxygen atoms in total. The summed E-state index contributed by atoms with van der Waals surface area (Å²) in [5.41, 5.74) is 8.25. The van der Waals surface area contributed by atoms with Crippen LogP contribution in [0.4, 0.5) is 0 Å². The molecule has 1 saturated carbocycles. The van der Waals surface area contributed by atoms with Crippen LogP contribution in [-0.4, -0.2) is 6.61 Å². The van der Waals surface area contributed by atoms with Crippen molar-refractivity contribution >= 4 is 0 Å². The molecule has 2 rings (SSSR count). The molecule has 0 aliphatic heterocycles. The number of nitriles is 1. The van der Waals surface area contributed by atoms with Gasteiger partial charge in [-0.3, -0.25) is 0 Å². The van der Waals surface area contributed by atoms with Crippen LogP contribution in [0, 0.1) is 23.7 Å². The fourth-order valence-electron chi connectivity index (χ4n) is 2.09. The summed E-state index contributed by atoms with van der Waals surface area (Å²) in [5, 5.41) is 8.80. The van der Waals surface area contributed by atoms with E-state index < -0.39 is 0 Å². The summed E-state index contributed by atoms with van der Waals surface area (Å²) in [6.45, 7) is 4.63. The van der Waals surface area contributed by atoms with Crippen molar-refractivity contribution in [3.63, 3.8) is 0 Å². The van der Waals surface area contributed by atoms with Gasteiger partial charge in [0.05, 0.1) is 12.7 Å². The standard InChI is InChI=1S/C15H20N2O/c1-11-3-4-13(12(2)17)14(9-11)18-10-15(5-6-15)7-8-16/h3-4,9,12H,5-7,10,17H2,1-2H3. The Hall–Kier alpha value is -1.53. The Morgan fingerprint density at radius 1 is 1.50 bits per heavy atom. The maximum absolute atomic E-state index is 8.80. The number of hydrogen-bond acceptors (Lipinski definition) is 3. The third kappa shape index (κ3) is 2.83. The first-order valence-electron chi connectivity index (χ1n) is 6.42. The smallest absolute Gasteiger partial charge is 0.124 e. The van der Waals surface area contributed by atoms with Gasteiger partial charge >= 0.3 is 0 Å². The van der Waals surface area contributed by atoms with Crippen LogP contribution in [0.3, 0.4) is 0 Å². The first kappa shape index (κ1) is 12.9. The molecule has 0 spiro atoms. The molecule has 1 atom stereocenters. The third-order valence-corrected chi connectivity index (χ3v) is 3.60. The normalized spacial score (nSPS) is 17.9. The van der Waals surface area contributed by atoms with Gasteiger partial charge in [0.15, 0.2) is 0 Å². The number of rotatable bonds is 5. The fraction of sp³-hybridized carbons (Fsp3) is 0.533. The van der Waals surface area contributed by atoms with Crippen LogP contribution in [0.5, 0.6) is 5.75 Å². The van der Waals surface area contributed by atoms with E-state index in [-0.39, 0.29) is 11.5 Å². The molecule has 3 heteroatoms. The number of nitrogens with two attached hydrogens (primary N) is 1. The highest BCUT2D eigenvalue weighted by molar-refractivity contribution is 5.39. The largest absolute Gasteiger partial charge is 0.493 e. The molecule has 18 heavy (non-hydrogen) atoms. The molecule has 2 N–H and O–H groups in total. The molecule has 1 aromatic rings. The number of nitrogens with zero attached hydrogens (tertiary/aromatic N) is 1. The van der Waals surface area contributed by atoms with Gasteiger partial charge in [-0.25, -0.2) is 0 Å². The molecule has 0 heterocycles. The van der Waals surface area contributed by atoms with Crippen LogP contribution in [-0.2, 0) is 0 Å². The Labute approximate surface area is 109 Å². The van der Waals surface area contributed by atoms with Crippen molar-refractivity contribution in [3.05, 3.63) is 29.3 Å². The number of hydrogen-bond donors (Lipinski definition) is 1. The highest BCUT2D eigenvalue weighted by Gasteiger charge is 2.43. The average molecular weight is 244 g/mol. The Kier molecular flexibility index (Phi) is 3.58. The van der Waals surface area contributed by atoms with E-state index in [0.717, 1.165) is 24.2 Å². The zero-order valence-electron chi connectivity index (χ0n) is 11.1. The highest BCUT2D eigenvalue weighted by Crippen LogP contribution is 2.48. The summed E-state index contributed by atoms with van der Waals surface area (Å²) < 4.78 is 5.93. The molecule has 1 fully saturated rings. The lowest BCUT2D eigenvalue weighted by molar-refractivity contribution is 0.234. The molecule has 1 aliphatic carbocycles. The van der Waals surface area contributed by atoms with Crippen LogP contribution in [0.2, 0.25) is 0 Å². The molecular weight excluding hydrogens is 224 g/mol. The minimum Gasteiger partial charge on any atom is -0.493 e. The van der Waals surface area contributed by atoms with E-state index >= 15 is 0 Å². The SMILES string of the molecule is Cc1ccc(C(C)N)c(OCC2(CC#N)CC2)c1. The second-order valence-electron chi connectivity index (χ2n) is 5.45. The van der Waals surface area contributed by atoms with Crippen molar-refractivity contribution in [1.82, 2.24) is 0 Å². The summed E-state index contributed by atoms with van der Waals surface area (Å²) >= 11 is 0. The van der Waals surface area contributed by atoms with E-state index in [1.807, 2.05) is 32.0 Å². The number of ether oxygens (including phenoxy) is 1. The van der Waals surface area contributed by atoms with Crippen molar-refractivity contribution < 1.29 is 4.74 Å². The van der Waals surface area contributed by atoms with E-state index in [1.54, 1.807) is 0 Å². The van der Waals surface area contributed by atoms with Crippen LogP contribution in [0.15, 0.2) is 18.2 Å². The topological polar surface area (TPSA) is 59.0 Å². The van der Waals surface area contributed by atoms with Crippen LogP contribution >= 0.6 is 0 Å². The summed E-state index contributed by atoms with van der Waals surface area (Å²) in [6.07, 6.45) is 2.78. The van der Waals surface area contributed by atoms with E-state index in [0.29, 0.717) is 13.0 Å². The molecule has 0 amide bonds. The zero-order valence-corrected chi connectivity index (χ0v) is 11.1. The van der Waals surface area contributed by atoms with Crippen molar-refractivity contribution in [2.75, 3.05) is 6.61 Å². The summed E-state index contributed by atoms with van der Waals surface area (Å²) in [7, 11) is 0. The molecule has 1 aliphatic rings. The number of benzene rings is 1. The van der Waals surface area contributed by atoms with E-state index in [2.05, 4.69) is 6.07 Å². The lowest BCUT2D eigenvalue weighted by Gasteiger charge is -2.18. The van der Waals surface area contributed by atoms with Gasteiger partial charge in [0.1, 0.15) is 5.75 Å². The van der Waals surface area contributed by atoms with Crippen LogP contribution in [0.1, 0.15) is 43.4 Å². The quantitative estimate of drug-likeness (QED) is 0.865. The average Bonchev–Trinajstić information content (AvgIpc) is 3.07. The van der Waals surface area contributed by atoms with E-state index in [4.69, 9.17) is 15.7 Å². The van der Waals surface area contributed by atoms with Gasteiger partial charge in [-0.15, -0.1) is 0 Å². The molecule has 0 radical (unpaired) electrons. The third-order valence-electron chi connectivity index (χ3n) is 3.60. The van der Waals surface area contributed by atoms with Gasteiger partial charge < -0.3 is 10.5 Å². The lowest BCUT2D eigenvalue weighted by atomic mass is 10.0. The van der Waals surface area contributed by atoms with Gasteiger partial charge in [-0.1, -0.05) is 12.1 Å². The number of aryl methyl sites for hydroxylation is 1. The van der Waals surface area contributed by atoms with Gasteiger partial charge in [0, 0.05) is 23.4 Å². The van der Waals surface area contributed by atoms with Gasteiger partial charge in [0.2, 0.25) is 0 Å². The van der Waals surface area contributed by atoms with E-state index in [1.165, 1.54) is 5.56 Å². The van der Waals surface area contributed by atoms with Crippen LogP contribution in [0.25, 0.3) is 0 Å². The van der Waals surface area contributed by atoms with Gasteiger partial charge in [-0.05, 0) is 38.3 Å². The Morgan fingerprint density at radius 2 is 2.22 bits per heavy atom. The first-order valence-corrected chi connectivity index (χ1v) is 6.42. The van der Waals surface area contributed by atoms with Gasteiger partial charge in [-0.2, -0.15) is 5.26 Å².